The van der Waals surface area contributed by atoms with E-state index >= 15 is 0 Å². The van der Waals surface area contributed by atoms with Crippen LogP contribution in [0.25, 0.3) is 0 Å². The first-order valence-electron chi connectivity index (χ1n) is 6.02. The van der Waals surface area contributed by atoms with Crippen LogP contribution in [0.5, 0.6) is 0 Å². The van der Waals surface area contributed by atoms with Gasteiger partial charge >= 0.3 is 0 Å². The Morgan fingerprint density at radius 1 is 1.22 bits per heavy atom. The van der Waals surface area contributed by atoms with Gasteiger partial charge in [-0.3, -0.25) is 0 Å². The number of nitrogens with zero attached hydrogens (tertiary/aromatic N) is 1. The van der Waals surface area contributed by atoms with E-state index in [0.29, 0.717) is 10.2 Å². The standard InChI is InChI=1S/C13H18BrF2NS/c1-3-17(4-2)7-8-18-9-10-12(15)6-5-11(14)13(10)16/h5-6H,3-4,7-9H2,1-2H3. The van der Waals surface area contributed by atoms with Crippen molar-refractivity contribution < 1.29 is 8.78 Å². The van der Waals surface area contributed by atoms with E-state index in [1.54, 1.807) is 11.8 Å². The molecule has 1 rings (SSSR count). The Hall–Kier alpha value is -0.130. The molecule has 0 amide bonds. The predicted octanol–water partition coefficient (Wildman–Crippen LogP) is 4.30. The third-order valence-electron chi connectivity index (χ3n) is 2.83. The molecule has 0 unspecified atom stereocenters. The minimum atomic E-state index is -0.481. The number of thioether (sulfide) groups is 1. The molecule has 0 aliphatic rings. The summed E-state index contributed by atoms with van der Waals surface area (Å²) in [5.74, 6) is 0.308. The van der Waals surface area contributed by atoms with Gasteiger partial charge in [-0.15, -0.1) is 0 Å². The molecule has 18 heavy (non-hydrogen) atoms. The average molecular weight is 338 g/mol. The van der Waals surface area contributed by atoms with Crippen LogP contribution in [-0.4, -0.2) is 30.3 Å². The Labute approximate surface area is 120 Å². The summed E-state index contributed by atoms with van der Waals surface area (Å²) >= 11 is 4.64. The molecule has 0 heterocycles. The lowest BCUT2D eigenvalue weighted by atomic mass is 10.2. The van der Waals surface area contributed by atoms with E-state index in [-0.39, 0.29) is 5.56 Å². The molecule has 0 fully saturated rings. The number of hydrogen-bond acceptors (Lipinski definition) is 2. The van der Waals surface area contributed by atoms with Gasteiger partial charge in [-0.25, -0.2) is 8.78 Å². The van der Waals surface area contributed by atoms with Crippen molar-refractivity contribution in [3.8, 4) is 0 Å². The highest BCUT2D eigenvalue weighted by atomic mass is 79.9. The molecular formula is C13H18BrF2NS. The van der Waals surface area contributed by atoms with Gasteiger partial charge in [-0.1, -0.05) is 13.8 Å². The van der Waals surface area contributed by atoms with Gasteiger partial charge in [0.15, 0.2) is 0 Å². The van der Waals surface area contributed by atoms with Crippen molar-refractivity contribution in [3.05, 3.63) is 33.8 Å². The third kappa shape index (κ3) is 4.52. The molecule has 0 spiro atoms. The number of hydrogen-bond donors (Lipinski definition) is 0. The second-order valence-corrected chi connectivity index (χ2v) is 5.86. The van der Waals surface area contributed by atoms with Crippen molar-refractivity contribution in [2.24, 2.45) is 0 Å². The van der Waals surface area contributed by atoms with E-state index in [9.17, 15) is 8.78 Å². The molecule has 5 heteroatoms. The highest BCUT2D eigenvalue weighted by molar-refractivity contribution is 9.10. The monoisotopic (exact) mass is 337 g/mol. The fourth-order valence-electron chi connectivity index (χ4n) is 1.61. The fourth-order valence-corrected chi connectivity index (χ4v) is 2.98. The Bertz CT molecular complexity index is 383. The van der Waals surface area contributed by atoms with E-state index in [2.05, 4.69) is 34.7 Å². The second kappa shape index (κ2) is 8.12. The van der Waals surface area contributed by atoms with Crippen LogP contribution in [0.3, 0.4) is 0 Å². The van der Waals surface area contributed by atoms with Gasteiger partial charge < -0.3 is 4.90 Å². The normalized spacial score (nSPS) is 11.2. The van der Waals surface area contributed by atoms with E-state index in [4.69, 9.17) is 0 Å². The van der Waals surface area contributed by atoms with Gasteiger partial charge in [0.2, 0.25) is 0 Å². The van der Waals surface area contributed by atoms with Gasteiger partial charge in [0.25, 0.3) is 0 Å². The highest BCUT2D eigenvalue weighted by Gasteiger charge is 2.12. The van der Waals surface area contributed by atoms with Crippen molar-refractivity contribution in [1.82, 2.24) is 4.90 Å². The van der Waals surface area contributed by atoms with E-state index in [0.717, 1.165) is 25.4 Å². The number of halogens is 3. The highest BCUT2D eigenvalue weighted by Crippen LogP contribution is 2.25. The van der Waals surface area contributed by atoms with Crippen LogP contribution in [-0.2, 0) is 5.75 Å². The van der Waals surface area contributed by atoms with Crippen LogP contribution in [0, 0.1) is 11.6 Å². The van der Waals surface area contributed by atoms with Crippen molar-refractivity contribution in [2.75, 3.05) is 25.4 Å². The molecule has 0 saturated heterocycles. The minimum Gasteiger partial charge on any atom is -0.303 e. The largest absolute Gasteiger partial charge is 0.303 e. The number of rotatable bonds is 7. The first kappa shape index (κ1) is 15.9. The lowest BCUT2D eigenvalue weighted by molar-refractivity contribution is 0.324. The van der Waals surface area contributed by atoms with Crippen LogP contribution in [0.2, 0.25) is 0 Å². The first-order chi connectivity index (χ1) is 8.60. The average Bonchev–Trinajstić information content (AvgIpc) is 2.38. The molecule has 0 aliphatic heterocycles. The van der Waals surface area contributed by atoms with Crippen LogP contribution in [0.4, 0.5) is 8.78 Å². The Morgan fingerprint density at radius 3 is 2.50 bits per heavy atom. The minimum absolute atomic E-state index is 0.161. The Morgan fingerprint density at radius 2 is 1.89 bits per heavy atom. The molecule has 0 bridgehead atoms. The summed E-state index contributed by atoms with van der Waals surface area (Å²) in [7, 11) is 0. The molecule has 0 aromatic heterocycles. The second-order valence-electron chi connectivity index (χ2n) is 3.90. The molecule has 0 radical (unpaired) electrons. The third-order valence-corrected chi connectivity index (χ3v) is 4.41. The first-order valence-corrected chi connectivity index (χ1v) is 7.97. The van der Waals surface area contributed by atoms with Crippen LogP contribution in [0.1, 0.15) is 19.4 Å². The lowest BCUT2D eigenvalue weighted by Crippen LogP contribution is -2.25. The zero-order chi connectivity index (χ0) is 13.5. The molecule has 0 aliphatic carbocycles. The van der Waals surface area contributed by atoms with Crippen LogP contribution < -0.4 is 0 Å². The van der Waals surface area contributed by atoms with Gasteiger partial charge in [0.1, 0.15) is 11.6 Å². The molecule has 102 valence electrons. The molecule has 1 aromatic rings. The Balaban J connectivity index is 2.47. The van der Waals surface area contributed by atoms with E-state index in [1.807, 2.05) is 0 Å². The summed E-state index contributed by atoms with van der Waals surface area (Å²) in [6, 6.07) is 2.70. The SMILES string of the molecule is CCN(CC)CCSCc1c(F)ccc(Br)c1F. The summed E-state index contributed by atoms with van der Waals surface area (Å²) < 4.78 is 27.5. The van der Waals surface area contributed by atoms with Gasteiger partial charge in [-0.05, 0) is 41.2 Å². The van der Waals surface area contributed by atoms with E-state index in [1.165, 1.54) is 12.1 Å². The van der Waals surface area contributed by atoms with Crippen molar-refractivity contribution >= 4 is 27.7 Å². The molecule has 1 nitrogen and oxygen atoms in total. The molecule has 0 atom stereocenters. The van der Waals surface area contributed by atoms with Gasteiger partial charge in [-0.2, -0.15) is 11.8 Å². The summed E-state index contributed by atoms with van der Waals surface area (Å²) in [6.45, 7) is 7.20. The van der Waals surface area contributed by atoms with Gasteiger partial charge in [0, 0.05) is 23.6 Å². The molecule has 0 N–H and O–H groups in total. The van der Waals surface area contributed by atoms with E-state index < -0.39 is 11.6 Å². The summed E-state index contributed by atoms with van der Waals surface area (Å²) in [6.07, 6.45) is 0. The quantitative estimate of drug-likeness (QED) is 0.539. The zero-order valence-corrected chi connectivity index (χ0v) is 13.1. The lowest BCUT2D eigenvalue weighted by Gasteiger charge is -2.17. The smallest absolute Gasteiger partial charge is 0.144 e. The predicted molar refractivity (Wildman–Crippen MR) is 78.0 cm³/mol. The molecule has 1 aromatic carbocycles. The van der Waals surface area contributed by atoms with Crippen molar-refractivity contribution in [1.29, 1.82) is 0 Å². The van der Waals surface area contributed by atoms with Crippen molar-refractivity contribution in [2.45, 2.75) is 19.6 Å². The van der Waals surface area contributed by atoms with Crippen LogP contribution >= 0.6 is 27.7 Å². The topological polar surface area (TPSA) is 3.24 Å². The van der Waals surface area contributed by atoms with Crippen LogP contribution in [0.15, 0.2) is 16.6 Å². The summed E-state index contributed by atoms with van der Waals surface area (Å²) in [5, 5.41) is 0. The maximum atomic E-state index is 13.7. The maximum Gasteiger partial charge on any atom is 0.144 e. The maximum absolute atomic E-state index is 13.7. The molecule has 0 saturated carbocycles. The molecular weight excluding hydrogens is 320 g/mol. The van der Waals surface area contributed by atoms with Crippen molar-refractivity contribution in [3.63, 3.8) is 0 Å². The van der Waals surface area contributed by atoms with Gasteiger partial charge in [0.05, 0.1) is 4.47 Å². The summed E-state index contributed by atoms with van der Waals surface area (Å²) in [5.41, 5.74) is 0.161. The summed E-state index contributed by atoms with van der Waals surface area (Å²) in [4.78, 5) is 2.29. The fraction of sp³-hybridized carbons (Fsp3) is 0.538. The Kier molecular flexibility index (Phi) is 7.19. The zero-order valence-electron chi connectivity index (χ0n) is 10.7. The number of benzene rings is 1.